The normalized spacial score (nSPS) is 10.2. The van der Waals surface area contributed by atoms with Crippen LogP contribution in [-0.2, 0) is 0 Å². The van der Waals surface area contributed by atoms with Gasteiger partial charge in [-0.3, -0.25) is 9.89 Å². The highest BCUT2D eigenvalue weighted by Gasteiger charge is 2.03. The summed E-state index contributed by atoms with van der Waals surface area (Å²) in [6.45, 7) is 1.83. The molecule has 0 atom stereocenters. The van der Waals surface area contributed by atoms with E-state index in [2.05, 4.69) is 20.2 Å². The van der Waals surface area contributed by atoms with E-state index in [9.17, 15) is 4.79 Å². The molecule has 0 saturated carbocycles. The first-order valence-electron chi connectivity index (χ1n) is 4.26. The Labute approximate surface area is 90.3 Å². The summed E-state index contributed by atoms with van der Waals surface area (Å²) < 4.78 is 0. The first-order valence-corrected chi connectivity index (χ1v) is 5.07. The van der Waals surface area contributed by atoms with E-state index in [0.717, 1.165) is 17.1 Å². The lowest BCUT2D eigenvalue weighted by atomic mass is 10.3. The van der Waals surface area contributed by atoms with Crippen LogP contribution in [0.15, 0.2) is 28.5 Å². The lowest BCUT2D eigenvalue weighted by Crippen LogP contribution is -1.85. The SMILES string of the molecule is Cc1nc(Sc2ccc(C=O)cn2)n[nH]1. The van der Waals surface area contributed by atoms with Crippen LogP contribution in [0, 0.1) is 6.92 Å². The molecule has 0 aromatic carbocycles. The number of nitrogens with one attached hydrogen (secondary N) is 1. The zero-order valence-electron chi connectivity index (χ0n) is 7.97. The van der Waals surface area contributed by atoms with Gasteiger partial charge in [0.2, 0.25) is 5.16 Å². The second-order valence-electron chi connectivity index (χ2n) is 2.85. The molecule has 2 rings (SSSR count). The van der Waals surface area contributed by atoms with Crippen molar-refractivity contribution in [2.75, 3.05) is 0 Å². The van der Waals surface area contributed by atoms with Crippen molar-refractivity contribution >= 4 is 18.0 Å². The van der Waals surface area contributed by atoms with Gasteiger partial charge in [0.25, 0.3) is 0 Å². The summed E-state index contributed by atoms with van der Waals surface area (Å²) in [6.07, 6.45) is 2.28. The van der Waals surface area contributed by atoms with Gasteiger partial charge in [0.15, 0.2) is 6.29 Å². The molecule has 2 heterocycles. The smallest absolute Gasteiger partial charge is 0.214 e. The molecule has 0 unspecified atom stereocenters. The summed E-state index contributed by atoms with van der Waals surface area (Å²) in [6, 6.07) is 3.47. The molecule has 0 spiro atoms. The standard InChI is InChI=1S/C9H8N4OS/c1-6-11-9(13-12-6)15-8-3-2-7(5-14)4-10-8/h2-5H,1H3,(H,11,12,13). The quantitative estimate of drug-likeness (QED) is 0.793. The molecule has 0 bridgehead atoms. The van der Waals surface area contributed by atoms with Crippen molar-refractivity contribution in [1.82, 2.24) is 20.2 Å². The Morgan fingerprint density at radius 1 is 1.47 bits per heavy atom. The minimum atomic E-state index is 0.561. The van der Waals surface area contributed by atoms with Gasteiger partial charge in [0.05, 0.1) is 0 Å². The van der Waals surface area contributed by atoms with E-state index in [0.29, 0.717) is 10.7 Å². The van der Waals surface area contributed by atoms with Crippen molar-refractivity contribution in [3.63, 3.8) is 0 Å². The van der Waals surface area contributed by atoms with Gasteiger partial charge in [0.1, 0.15) is 10.9 Å². The topological polar surface area (TPSA) is 71.5 Å². The zero-order chi connectivity index (χ0) is 10.7. The van der Waals surface area contributed by atoms with E-state index >= 15 is 0 Å². The van der Waals surface area contributed by atoms with Gasteiger partial charge in [-0.15, -0.1) is 5.10 Å². The molecule has 2 aromatic heterocycles. The van der Waals surface area contributed by atoms with Crippen LogP contribution in [-0.4, -0.2) is 26.5 Å². The van der Waals surface area contributed by atoms with Crippen LogP contribution < -0.4 is 0 Å². The van der Waals surface area contributed by atoms with Crippen LogP contribution in [0.4, 0.5) is 0 Å². The lowest BCUT2D eigenvalue weighted by molar-refractivity contribution is 0.112. The van der Waals surface area contributed by atoms with Crippen molar-refractivity contribution in [1.29, 1.82) is 0 Å². The van der Waals surface area contributed by atoms with Crippen molar-refractivity contribution < 1.29 is 4.79 Å². The van der Waals surface area contributed by atoms with E-state index in [4.69, 9.17) is 0 Å². The largest absolute Gasteiger partial charge is 0.298 e. The number of pyridine rings is 1. The molecule has 6 heteroatoms. The van der Waals surface area contributed by atoms with Gasteiger partial charge < -0.3 is 0 Å². The first-order chi connectivity index (χ1) is 7.28. The minimum Gasteiger partial charge on any atom is -0.298 e. The van der Waals surface area contributed by atoms with Crippen LogP contribution in [0.5, 0.6) is 0 Å². The number of carbonyl (C=O) groups is 1. The van der Waals surface area contributed by atoms with Crippen molar-refractivity contribution in [3.8, 4) is 0 Å². The summed E-state index contributed by atoms with van der Waals surface area (Å²) >= 11 is 1.35. The highest BCUT2D eigenvalue weighted by Crippen LogP contribution is 2.21. The number of hydrogen-bond acceptors (Lipinski definition) is 5. The minimum absolute atomic E-state index is 0.561. The van der Waals surface area contributed by atoms with Crippen molar-refractivity contribution in [2.45, 2.75) is 17.1 Å². The fourth-order valence-electron chi connectivity index (χ4n) is 0.983. The fraction of sp³-hybridized carbons (Fsp3) is 0.111. The summed E-state index contributed by atoms with van der Waals surface area (Å²) in [5.41, 5.74) is 0.561. The van der Waals surface area contributed by atoms with Crippen LogP contribution in [0.3, 0.4) is 0 Å². The third-order valence-corrected chi connectivity index (χ3v) is 2.48. The number of aromatic amines is 1. The van der Waals surface area contributed by atoms with Gasteiger partial charge in [-0.25, -0.2) is 9.97 Å². The molecular formula is C9H8N4OS. The predicted molar refractivity (Wildman–Crippen MR) is 54.9 cm³/mol. The molecule has 0 saturated heterocycles. The van der Waals surface area contributed by atoms with E-state index in [1.165, 1.54) is 18.0 Å². The van der Waals surface area contributed by atoms with Crippen LogP contribution in [0.2, 0.25) is 0 Å². The number of carbonyl (C=O) groups excluding carboxylic acids is 1. The average molecular weight is 220 g/mol. The Balaban J connectivity index is 2.14. The molecule has 2 aromatic rings. The number of aryl methyl sites for hydroxylation is 1. The van der Waals surface area contributed by atoms with E-state index in [1.54, 1.807) is 12.1 Å². The highest BCUT2D eigenvalue weighted by atomic mass is 32.2. The van der Waals surface area contributed by atoms with E-state index in [-0.39, 0.29) is 0 Å². The van der Waals surface area contributed by atoms with E-state index in [1.807, 2.05) is 6.92 Å². The lowest BCUT2D eigenvalue weighted by Gasteiger charge is -1.95. The number of H-pyrrole nitrogens is 1. The highest BCUT2D eigenvalue weighted by molar-refractivity contribution is 7.99. The molecule has 15 heavy (non-hydrogen) atoms. The van der Waals surface area contributed by atoms with Gasteiger partial charge in [-0.05, 0) is 30.8 Å². The van der Waals surface area contributed by atoms with Crippen LogP contribution in [0.25, 0.3) is 0 Å². The zero-order valence-corrected chi connectivity index (χ0v) is 8.78. The maximum absolute atomic E-state index is 10.4. The monoisotopic (exact) mass is 220 g/mol. The average Bonchev–Trinajstić information content (AvgIpc) is 2.65. The molecule has 1 N–H and O–H groups in total. The van der Waals surface area contributed by atoms with Gasteiger partial charge in [-0.2, -0.15) is 0 Å². The Hall–Kier alpha value is -1.69. The van der Waals surface area contributed by atoms with Gasteiger partial charge >= 0.3 is 0 Å². The molecule has 5 nitrogen and oxygen atoms in total. The predicted octanol–water partition coefficient (Wildman–Crippen LogP) is 1.47. The Morgan fingerprint density at radius 3 is 2.87 bits per heavy atom. The number of hydrogen-bond donors (Lipinski definition) is 1. The maximum Gasteiger partial charge on any atom is 0.214 e. The Bertz CT molecular complexity index is 465. The van der Waals surface area contributed by atoms with E-state index < -0.39 is 0 Å². The number of aldehydes is 1. The first kappa shape index (κ1) is 9.85. The molecule has 76 valence electrons. The van der Waals surface area contributed by atoms with Crippen molar-refractivity contribution in [3.05, 3.63) is 29.7 Å². The third kappa shape index (κ3) is 2.41. The van der Waals surface area contributed by atoms with Crippen molar-refractivity contribution in [2.24, 2.45) is 0 Å². The van der Waals surface area contributed by atoms with Gasteiger partial charge in [0, 0.05) is 11.8 Å². The summed E-state index contributed by atoms with van der Waals surface area (Å²) in [4.78, 5) is 18.6. The summed E-state index contributed by atoms with van der Waals surface area (Å²) in [5.74, 6) is 0.766. The summed E-state index contributed by atoms with van der Waals surface area (Å²) in [7, 11) is 0. The number of rotatable bonds is 3. The van der Waals surface area contributed by atoms with Crippen LogP contribution in [0.1, 0.15) is 16.2 Å². The summed E-state index contributed by atoms with van der Waals surface area (Å²) in [5, 5.41) is 8.10. The Morgan fingerprint density at radius 2 is 2.33 bits per heavy atom. The van der Waals surface area contributed by atoms with Gasteiger partial charge in [-0.1, -0.05) is 0 Å². The number of nitrogens with zero attached hydrogens (tertiary/aromatic N) is 3. The molecule has 0 aliphatic rings. The maximum atomic E-state index is 10.4. The number of aromatic nitrogens is 4. The molecular weight excluding hydrogens is 212 g/mol. The second-order valence-corrected chi connectivity index (χ2v) is 3.84. The molecule has 0 amide bonds. The van der Waals surface area contributed by atoms with Crippen LogP contribution >= 0.6 is 11.8 Å². The molecule has 0 aliphatic heterocycles. The Kier molecular flexibility index (Phi) is 2.77. The third-order valence-electron chi connectivity index (χ3n) is 1.67. The molecule has 0 radical (unpaired) electrons. The molecule has 0 fully saturated rings. The second kappa shape index (κ2) is 4.22. The molecule has 0 aliphatic carbocycles. The fourth-order valence-corrected chi connectivity index (χ4v) is 1.69.